The second-order valence-corrected chi connectivity index (χ2v) is 6.13. The van der Waals surface area contributed by atoms with Crippen molar-refractivity contribution in [3.63, 3.8) is 0 Å². The molecule has 0 radical (unpaired) electrons. The van der Waals surface area contributed by atoms with Gasteiger partial charge in [-0.2, -0.15) is 0 Å². The highest BCUT2D eigenvalue weighted by atomic mass is 19.1. The van der Waals surface area contributed by atoms with E-state index in [9.17, 15) is 14.6 Å². The van der Waals surface area contributed by atoms with Gasteiger partial charge in [0.1, 0.15) is 5.82 Å². The van der Waals surface area contributed by atoms with Crippen molar-refractivity contribution < 1.29 is 14.6 Å². The molecule has 2 atom stereocenters. The Balaban J connectivity index is 2.05. The van der Waals surface area contributed by atoms with E-state index in [0.29, 0.717) is 24.7 Å². The highest BCUT2D eigenvalue weighted by Crippen LogP contribution is 2.25. The van der Waals surface area contributed by atoms with Crippen molar-refractivity contribution in [3.05, 3.63) is 35.6 Å². The van der Waals surface area contributed by atoms with Crippen molar-refractivity contribution in [2.45, 2.75) is 57.3 Å². The normalized spacial score (nSPS) is 19.7. The predicted octanol–water partition coefficient (Wildman–Crippen LogP) is 2.87. The van der Waals surface area contributed by atoms with Crippen LogP contribution in [0.2, 0.25) is 0 Å². The summed E-state index contributed by atoms with van der Waals surface area (Å²) in [7, 11) is 0. The van der Waals surface area contributed by atoms with Gasteiger partial charge in [0.15, 0.2) is 0 Å². The van der Waals surface area contributed by atoms with Crippen molar-refractivity contribution in [2.24, 2.45) is 0 Å². The van der Waals surface area contributed by atoms with Crippen LogP contribution in [0.15, 0.2) is 24.3 Å². The molecule has 21 heavy (non-hydrogen) atoms. The van der Waals surface area contributed by atoms with Gasteiger partial charge in [-0.25, -0.2) is 4.39 Å². The summed E-state index contributed by atoms with van der Waals surface area (Å²) in [6.45, 7) is 2.65. The Morgan fingerprint density at radius 3 is 2.43 bits per heavy atom. The van der Waals surface area contributed by atoms with Crippen LogP contribution >= 0.6 is 0 Å². The molecule has 1 aromatic carbocycles. The third-order valence-corrected chi connectivity index (χ3v) is 4.26. The lowest BCUT2D eigenvalue weighted by Crippen LogP contribution is -2.43. The first kappa shape index (κ1) is 16.4. The van der Waals surface area contributed by atoms with E-state index in [1.54, 1.807) is 25.1 Å². The van der Waals surface area contributed by atoms with E-state index in [1.165, 1.54) is 25.3 Å². The molecule has 0 aromatic heterocycles. The standard InChI is InChI=1S/C17H26FNO2/c1-13(20)11-19(14-7-3-2-4-8-14)12-17(21)15-9-5-6-10-16(15)18/h5-6,9-10,13-14,17,20-21H,2-4,7-8,11-12H2,1H3. The number of nitrogens with zero attached hydrogens (tertiary/aromatic N) is 1. The summed E-state index contributed by atoms with van der Waals surface area (Å²) in [4.78, 5) is 2.13. The van der Waals surface area contributed by atoms with Crippen LogP contribution in [-0.2, 0) is 0 Å². The number of halogens is 1. The summed E-state index contributed by atoms with van der Waals surface area (Å²) in [5.41, 5.74) is 0.337. The average molecular weight is 295 g/mol. The summed E-state index contributed by atoms with van der Waals surface area (Å²) < 4.78 is 13.8. The maximum atomic E-state index is 13.8. The highest BCUT2D eigenvalue weighted by Gasteiger charge is 2.25. The molecule has 4 heteroatoms. The van der Waals surface area contributed by atoms with Crippen LogP contribution in [0.3, 0.4) is 0 Å². The lowest BCUT2D eigenvalue weighted by Gasteiger charge is -2.36. The highest BCUT2D eigenvalue weighted by molar-refractivity contribution is 5.20. The van der Waals surface area contributed by atoms with Crippen LogP contribution in [0.5, 0.6) is 0 Å². The summed E-state index contributed by atoms with van der Waals surface area (Å²) >= 11 is 0. The Labute approximate surface area is 126 Å². The van der Waals surface area contributed by atoms with Gasteiger partial charge in [0, 0.05) is 24.7 Å². The first-order chi connectivity index (χ1) is 10.1. The molecule has 118 valence electrons. The third kappa shape index (κ3) is 4.77. The van der Waals surface area contributed by atoms with E-state index in [2.05, 4.69) is 4.90 Å². The molecule has 0 aliphatic heterocycles. The maximum Gasteiger partial charge on any atom is 0.129 e. The molecule has 0 saturated heterocycles. The molecule has 2 unspecified atom stereocenters. The first-order valence-corrected chi connectivity index (χ1v) is 7.92. The van der Waals surface area contributed by atoms with E-state index in [-0.39, 0.29) is 5.82 Å². The van der Waals surface area contributed by atoms with Gasteiger partial charge >= 0.3 is 0 Å². The van der Waals surface area contributed by atoms with Crippen LogP contribution < -0.4 is 0 Å². The minimum absolute atomic E-state index is 0.337. The quantitative estimate of drug-likeness (QED) is 0.848. The van der Waals surface area contributed by atoms with Gasteiger partial charge in [-0.05, 0) is 25.8 Å². The molecule has 1 aliphatic rings. The largest absolute Gasteiger partial charge is 0.392 e. The Hall–Kier alpha value is -0.970. The molecule has 1 aliphatic carbocycles. The minimum atomic E-state index is -0.855. The van der Waals surface area contributed by atoms with Gasteiger partial charge in [-0.1, -0.05) is 37.5 Å². The second kappa shape index (κ2) is 7.87. The van der Waals surface area contributed by atoms with E-state index in [1.807, 2.05) is 0 Å². The molecule has 1 fully saturated rings. The van der Waals surface area contributed by atoms with Crippen LogP contribution in [0.25, 0.3) is 0 Å². The first-order valence-electron chi connectivity index (χ1n) is 7.92. The number of benzene rings is 1. The number of aliphatic hydroxyl groups is 2. The molecule has 0 spiro atoms. The number of aliphatic hydroxyl groups excluding tert-OH is 2. The van der Waals surface area contributed by atoms with Gasteiger partial charge in [0.05, 0.1) is 12.2 Å². The van der Waals surface area contributed by atoms with Gasteiger partial charge in [-0.3, -0.25) is 4.90 Å². The fraction of sp³-hybridized carbons (Fsp3) is 0.647. The van der Waals surface area contributed by atoms with E-state index < -0.39 is 12.2 Å². The Morgan fingerprint density at radius 1 is 1.14 bits per heavy atom. The molecule has 2 rings (SSSR count). The minimum Gasteiger partial charge on any atom is -0.392 e. The van der Waals surface area contributed by atoms with E-state index >= 15 is 0 Å². The van der Waals surface area contributed by atoms with Gasteiger partial charge < -0.3 is 10.2 Å². The van der Waals surface area contributed by atoms with Crippen LogP contribution in [0.4, 0.5) is 4.39 Å². The van der Waals surface area contributed by atoms with Crippen molar-refractivity contribution in [1.82, 2.24) is 4.90 Å². The molecule has 1 aromatic rings. The van der Waals surface area contributed by atoms with Crippen LogP contribution in [0.1, 0.15) is 50.7 Å². The number of hydrogen-bond acceptors (Lipinski definition) is 3. The predicted molar refractivity (Wildman–Crippen MR) is 81.5 cm³/mol. The Kier molecular flexibility index (Phi) is 6.15. The summed E-state index contributed by atoms with van der Waals surface area (Å²) in [6.07, 6.45) is 4.53. The molecule has 0 heterocycles. The lowest BCUT2D eigenvalue weighted by molar-refractivity contribution is 0.0381. The smallest absolute Gasteiger partial charge is 0.129 e. The molecule has 3 nitrogen and oxygen atoms in total. The van der Waals surface area contributed by atoms with Gasteiger partial charge in [-0.15, -0.1) is 0 Å². The van der Waals surface area contributed by atoms with Crippen molar-refractivity contribution in [1.29, 1.82) is 0 Å². The fourth-order valence-electron chi connectivity index (χ4n) is 3.22. The summed E-state index contributed by atoms with van der Waals surface area (Å²) in [5.74, 6) is -0.370. The SMILES string of the molecule is CC(O)CN(CC(O)c1ccccc1F)C1CCCCC1. The summed E-state index contributed by atoms with van der Waals surface area (Å²) in [6, 6.07) is 6.75. The second-order valence-electron chi connectivity index (χ2n) is 6.13. The maximum absolute atomic E-state index is 13.8. The summed E-state index contributed by atoms with van der Waals surface area (Å²) in [5, 5.41) is 20.0. The van der Waals surface area contributed by atoms with Gasteiger partial charge in [0.2, 0.25) is 0 Å². The molecule has 0 amide bonds. The molecular formula is C17H26FNO2. The zero-order chi connectivity index (χ0) is 15.2. The molecule has 0 bridgehead atoms. The van der Waals surface area contributed by atoms with Crippen molar-refractivity contribution >= 4 is 0 Å². The van der Waals surface area contributed by atoms with Crippen LogP contribution in [-0.4, -0.2) is 40.3 Å². The Bertz CT molecular complexity index is 433. The van der Waals surface area contributed by atoms with Crippen molar-refractivity contribution in [2.75, 3.05) is 13.1 Å². The fourth-order valence-corrected chi connectivity index (χ4v) is 3.22. The zero-order valence-corrected chi connectivity index (χ0v) is 12.7. The third-order valence-electron chi connectivity index (χ3n) is 4.26. The van der Waals surface area contributed by atoms with Gasteiger partial charge in [0.25, 0.3) is 0 Å². The van der Waals surface area contributed by atoms with Crippen LogP contribution in [0, 0.1) is 5.82 Å². The topological polar surface area (TPSA) is 43.7 Å². The average Bonchev–Trinajstić information content (AvgIpc) is 2.47. The monoisotopic (exact) mass is 295 g/mol. The van der Waals surface area contributed by atoms with E-state index in [4.69, 9.17) is 0 Å². The van der Waals surface area contributed by atoms with E-state index in [0.717, 1.165) is 12.8 Å². The zero-order valence-electron chi connectivity index (χ0n) is 12.7. The molecule has 1 saturated carbocycles. The number of rotatable bonds is 6. The lowest BCUT2D eigenvalue weighted by atomic mass is 9.93. The van der Waals surface area contributed by atoms with Crippen molar-refractivity contribution in [3.8, 4) is 0 Å². The molecular weight excluding hydrogens is 269 g/mol. The Morgan fingerprint density at radius 2 is 1.81 bits per heavy atom. The number of hydrogen-bond donors (Lipinski definition) is 2. The molecule has 2 N–H and O–H groups in total.